The maximum atomic E-state index is 12.1. The predicted molar refractivity (Wildman–Crippen MR) is 141 cm³/mol. The summed E-state index contributed by atoms with van der Waals surface area (Å²) >= 11 is 23.3. The fourth-order valence-electron chi connectivity index (χ4n) is 3.17. The standard InChI is InChI=1S/C24H28Cl4N2O4/c25-11-15-29(16-12-26)19-1-5-21(6-2-19)33-23(31)9-10-24(32)34-22-7-3-20(4-8-22)30(17-13-27)18-14-28/h1-8H,9-18H2. The van der Waals surface area contributed by atoms with Gasteiger partial charge in [-0.3, -0.25) is 9.59 Å². The maximum absolute atomic E-state index is 12.1. The molecule has 34 heavy (non-hydrogen) atoms. The van der Waals surface area contributed by atoms with Crippen molar-refractivity contribution in [1.29, 1.82) is 0 Å². The molecule has 2 aromatic carbocycles. The molecule has 0 saturated heterocycles. The Morgan fingerprint density at radius 3 is 1.12 bits per heavy atom. The summed E-state index contributed by atoms with van der Waals surface area (Å²) in [5.41, 5.74) is 1.87. The number of benzene rings is 2. The van der Waals surface area contributed by atoms with Crippen LogP contribution >= 0.6 is 46.4 Å². The number of alkyl halides is 4. The summed E-state index contributed by atoms with van der Waals surface area (Å²) in [5, 5.41) is 0. The minimum Gasteiger partial charge on any atom is -0.427 e. The third kappa shape index (κ3) is 9.79. The Labute approximate surface area is 220 Å². The van der Waals surface area contributed by atoms with Crippen LogP contribution in [0.15, 0.2) is 48.5 Å². The maximum Gasteiger partial charge on any atom is 0.311 e. The van der Waals surface area contributed by atoms with Gasteiger partial charge >= 0.3 is 11.9 Å². The quantitative estimate of drug-likeness (QED) is 0.165. The molecule has 0 aliphatic rings. The number of carbonyl (C=O) groups excluding carboxylic acids is 2. The number of ether oxygens (including phenoxy) is 2. The molecule has 6 nitrogen and oxygen atoms in total. The second-order valence-corrected chi connectivity index (χ2v) is 8.68. The molecule has 0 aliphatic heterocycles. The van der Waals surface area contributed by atoms with Crippen LogP contribution < -0.4 is 19.3 Å². The molecule has 0 bridgehead atoms. The lowest BCUT2D eigenvalue weighted by molar-refractivity contribution is -0.140. The molecule has 0 heterocycles. The van der Waals surface area contributed by atoms with E-state index in [0.29, 0.717) is 61.2 Å². The fourth-order valence-corrected chi connectivity index (χ4v) is 3.98. The lowest BCUT2D eigenvalue weighted by Gasteiger charge is -2.23. The van der Waals surface area contributed by atoms with Gasteiger partial charge < -0.3 is 19.3 Å². The Hall–Kier alpha value is -1.86. The molecule has 0 saturated carbocycles. The van der Waals surface area contributed by atoms with Crippen LogP contribution in [-0.4, -0.2) is 61.6 Å². The van der Waals surface area contributed by atoms with Gasteiger partial charge in [0.15, 0.2) is 0 Å². The first-order valence-corrected chi connectivity index (χ1v) is 13.0. The number of nitrogens with zero attached hydrogens (tertiary/aromatic N) is 2. The van der Waals surface area contributed by atoms with E-state index in [4.69, 9.17) is 55.9 Å². The van der Waals surface area contributed by atoms with E-state index in [9.17, 15) is 9.59 Å². The molecule has 0 unspecified atom stereocenters. The minimum atomic E-state index is -0.517. The summed E-state index contributed by atoms with van der Waals surface area (Å²) in [6.07, 6.45) is -0.189. The number of hydrogen-bond donors (Lipinski definition) is 0. The lowest BCUT2D eigenvalue weighted by atomic mass is 10.2. The molecule has 0 radical (unpaired) electrons. The number of halogens is 4. The highest BCUT2D eigenvalue weighted by atomic mass is 35.5. The van der Waals surface area contributed by atoms with Gasteiger partial charge in [-0.2, -0.15) is 0 Å². The second-order valence-electron chi connectivity index (χ2n) is 7.17. The van der Waals surface area contributed by atoms with Gasteiger partial charge in [0, 0.05) is 61.1 Å². The first-order chi connectivity index (χ1) is 16.5. The molecule has 186 valence electrons. The largest absolute Gasteiger partial charge is 0.427 e. The first-order valence-electron chi connectivity index (χ1n) is 10.9. The molecule has 0 amide bonds. The highest BCUT2D eigenvalue weighted by Gasteiger charge is 2.13. The van der Waals surface area contributed by atoms with Crippen molar-refractivity contribution in [2.24, 2.45) is 0 Å². The van der Waals surface area contributed by atoms with Crippen molar-refractivity contribution in [3.63, 3.8) is 0 Å². The van der Waals surface area contributed by atoms with Crippen LogP contribution in [0.1, 0.15) is 12.8 Å². The van der Waals surface area contributed by atoms with Crippen LogP contribution in [0.2, 0.25) is 0 Å². The molecule has 0 atom stereocenters. The number of esters is 2. The number of rotatable bonds is 15. The summed E-state index contributed by atoms with van der Waals surface area (Å²) in [4.78, 5) is 28.4. The van der Waals surface area contributed by atoms with Crippen molar-refractivity contribution in [3.05, 3.63) is 48.5 Å². The third-order valence-corrected chi connectivity index (χ3v) is 5.49. The summed E-state index contributed by atoms with van der Waals surface area (Å²) in [5.74, 6) is 1.68. The van der Waals surface area contributed by atoms with Gasteiger partial charge in [-0.25, -0.2) is 0 Å². The van der Waals surface area contributed by atoms with Crippen LogP contribution in [-0.2, 0) is 9.59 Å². The summed E-state index contributed by atoms with van der Waals surface area (Å²) in [7, 11) is 0. The van der Waals surface area contributed by atoms with Crippen molar-refractivity contribution < 1.29 is 19.1 Å². The SMILES string of the molecule is O=C(CCC(=O)Oc1ccc(N(CCCl)CCCl)cc1)Oc1ccc(N(CCCl)CCCl)cc1. The molecule has 0 aromatic heterocycles. The number of carbonyl (C=O) groups is 2. The van der Waals surface area contributed by atoms with E-state index in [0.717, 1.165) is 11.4 Å². The molecule has 0 spiro atoms. The second kappa shape index (κ2) is 15.9. The van der Waals surface area contributed by atoms with E-state index in [1.165, 1.54) is 0 Å². The predicted octanol–water partition coefficient (Wildman–Crippen LogP) is 5.55. The molecule has 0 fully saturated rings. The van der Waals surface area contributed by atoms with Gasteiger partial charge in [-0.15, -0.1) is 46.4 Å². The van der Waals surface area contributed by atoms with E-state index in [-0.39, 0.29) is 12.8 Å². The molecule has 2 aromatic rings. The van der Waals surface area contributed by atoms with Gasteiger partial charge in [0.1, 0.15) is 11.5 Å². The summed E-state index contributed by atoms with van der Waals surface area (Å²) in [6, 6.07) is 14.1. The summed E-state index contributed by atoms with van der Waals surface area (Å²) in [6.45, 7) is 2.66. The van der Waals surface area contributed by atoms with E-state index in [2.05, 4.69) is 0 Å². The van der Waals surface area contributed by atoms with Crippen LogP contribution in [0.5, 0.6) is 11.5 Å². The number of hydrogen-bond acceptors (Lipinski definition) is 6. The molecule has 10 heteroatoms. The Bertz CT molecular complexity index is 796. The van der Waals surface area contributed by atoms with Crippen molar-refractivity contribution in [2.75, 3.05) is 59.5 Å². The highest BCUT2D eigenvalue weighted by Crippen LogP contribution is 2.22. The Morgan fingerprint density at radius 1 is 0.559 bits per heavy atom. The van der Waals surface area contributed by atoms with Crippen molar-refractivity contribution in [1.82, 2.24) is 0 Å². The smallest absolute Gasteiger partial charge is 0.311 e. The molecular weight excluding hydrogens is 522 g/mol. The van der Waals surface area contributed by atoms with Gasteiger partial charge in [-0.05, 0) is 48.5 Å². The molecule has 0 N–H and O–H groups in total. The highest BCUT2D eigenvalue weighted by molar-refractivity contribution is 6.19. The molecular formula is C24H28Cl4N2O4. The van der Waals surface area contributed by atoms with E-state index >= 15 is 0 Å². The van der Waals surface area contributed by atoms with Crippen LogP contribution in [0.25, 0.3) is 0 Å². The third-order valence-electron chi connectivity index (χ3n) is 4.82. The number of anilines is 2. The summed E-state index contributed by atoms with van der Waals surface area (Å²) < 4.78 is 10.6. The zero-order valence-electron chi connectivity index (χ0n) is 18.7. The average Bonchev–Trinajstić information content (AvgIpc) is 2.83. The molecule has 2 rings (SSSR count). The Kier molecular flexibility index (Phi) is 13.3. The van der Waals surface area contributed by atoms with E-state index < -0.39 is 11.9 Å². The molecule has 0 aliphatic carbocycles. The zero-order valence-corrected chi connectivity index (χ0v) is 21.8. The first kappa shape index (κ1) is 28.4. The van der Waals surface area contributed by atoms with Crippen LogP contribution in [0.3, 0.4) is 0 Å². The monoisotopic (exact) mass is 548 g/mol. The zero-order chi connectivity index (χ0) is 24.8. The minimum absolute atomic E-state index is 0.0947. The van der Waals surface area contributed by atoms with Crippen molar-refractivity contribution >= 4 is 69.7 Å². The van der Waals surface area contributed by atoms with Crippen molar-refractivity contribution in [2.45, 2.75) is 12.8 Å². The Morgan fingerprint density at radius 2 is 0.853 bits per heavy atom. The van der Waals surface area contributed by atoms with E-state index in [1.807, 2.05) is 34.1 Å². The van der Waals surface area contributed by atoms with Gasteiger partial charge in [-0.1, -0.05) is 0 Å². The average molecular weight is 550 g/mol. The van der Waals surface area contributed by atoms with Crippen LogP contribution in [0, 0.1) is 0 Å². The normalized spacial score (nSPS) is 10.6. The van der Waals surface area contributed by atoms with E-state index in [1.54, 1.807) is 24.3 Å². The van der Waals surface area contributed by atoms with Crippen LogP contribution in [0.4, 0.5) is 11.4 Å². The Balaban J connectivity index is 1.81. The van der Waals surface area contributed by atoms with Gasteiger partial charge in [0.25, 0.3) is 0 Å². The fraction of sp³-hybridized carbons (Fsp3) is 0.417. The topological polar surface area (TPSA) is 59.1 Å². The lowest BCUT2D eigenvalue weighted by Crippen LogP contribution is -2.27. The van der Waals surface area contributed by atoms with Gasteiger partial charge in [0.2, 0.25) is 0 Å². The van der Waals surface area contributed by atoms with Crippen molar-refractivity contribution in [3.8, 4) is 11.5 Å². The van der Waals surface area contributed by atoms with Gasteiger partial charge in [0.05, 0.1) is 12.8 Å².